The van der Waals surface area contributed by atoms with Gasteiger partial charge in [0.2, 0.25) is 0 Å². The molecule has 4 aromatic heterocycles. The van der Waals surface area contributed by atoms with Gasteiger partial charge in [-0.25, -0.2) is 9.97 Å². The van der Waals surface area contributed by atoms with E-state index in [1.165, 1.54) is 0 Å². The number of anilines is 1. The zero-order chi connectivity index (χ0) is 24.8. The molecule has 2 aliphatic rings. The van der Waals surface area contributed by atoms with E-state index < -0.39 is 0 Å². The van der Waals surface area contributed by atoms with Crippen molar-refractivity contribution < 1.29 is 14.3 Å². The van der Waals surface area contributed by atoms with Crippen molar-refractivity contribution in [3.05, 3.63) is 42.4 Å². The quantitative estimate of drug-likeness (QED) is 0.391. The van der Waals surface area contributed by atoms with Crippen LogP contribution in [0.4, 0.5) is 5.82 Å². The average Bonchev–Trinajstić information content (AvgIpc) is 3.45. The number of hydrogen-bond acceptors (Lipinski definition) is 7. The molecule has 0 bridgehead atoms. The van der Waals surface area contributed by atoms with Gasteiger partial charge in [-0.3, -0.25) is 4.79 Å². The molecular formula is C26H31N7O3. The minimum absolute atomic E-state index is 0.0119. The fourth-order valence-corrected chi connectivity index (χ4v) is 5.47. The summed E-state index contributed by atoms with van der Waals surface area (Å²) in [6, 6.07) is 6.39. The lowest BCUT2D eigenvalue weighted by molar-refractivity contribution is 0.00732. The first-order chi connectivity index (χ1) is 17.6. The van der Waals surface area contributed by atoms with E-state index in [1.54, 1.807) is 24.9 Å². The summed E-state index contributed by atoms with van der Waals surface area (Å²) in [6.07, 6.45) is 9.61. The summed E-state index contributed by atoms with van der Waals surface area (Å²) in [7, 11) is 5.27. The Morgan fingerprint density at radius 1 is 1.22 bits per heavy atom. The Kier molecular flexibility index (Phi) is 5.85. The van der Waals surface area contributed by atoms with Gasteiger partial charge in [0.25, 0.3) is 5.91 Å². The predicted octanol–water partition coefficient (Wildman–Crippen LogP) is 3.29. The molecule has 2 N–H and O–H groups in total. The van der Waals surface area contributed by atoms with E-state index in [4.69, 9.17) is 19.4 Å². The predicted molar refractivity (Wildman–Crippen MR) is 136 cm³/mol. The van der Waals surface area contributed by atoms with Crippen LogP contribution < -0.4 is 10.6 Å². The lowest BCUT2D eigenvalue weighted by Gasteiger charge is -2.36. The maximum absolute atomic E-state index is 13.2. The number of rotatable bonds is 8. The molecule has 10 heteroatoms. The summed E-state index contributed by atoms with van der Waals surface area (Å²) in [6.45, 7) is 0.789. The van der Waals surface area contributed by atoms with Crippen molar-refractivity contribution in [2.45, 2.75) is 43.9 Å². The smallest absolute Gasteiger partial charge is 0.257 e. The number of hydrogen-bond donors (Lipinski definition) is 2. The fraction of sp³-hybridized carbons (Fsp3) is 0.462. The first-order valence-electron chi connectivity index (χ1n) is 12.5. The van der Waals surface area contributed by atoms with Crippen LogP contribution in [0.15, 0.2) is 36.8 Å². The number of fused-ring (bicyclic) bond motifs is 2. The highest BCUT2D eigenvalue weighted by Crippen LogP contribution is 2.42. The second-order valence-electron chi connectivity index (χ2n) is 9.77. The molecule has 1 amide bonds. The molecule has 0 spiro atoms. The van der Waals surface area contributed by atoms with Crippen molar-refractivity contribution in [3.63, 3.8) is 0 Å². The third-order valence-electron chi connectivity index (χ3n) is 7.67. The van der Waals surface area contributed by atoms with Gasteiger partial charge >= 0.3 is 0 Å². The molecule has 6 rings (SSSR count). The SMILES string of the molecule is CNc1cc(-c2cn(C3CC(COC)C3)c3ncccc23)nc2c(C(=O)NC3CC[C@@H]3OC)cnn12. The molecule has 1 unspecified atom stereocenters. The number of carbonyl (C=O) groups is 1. The molecule has 0 aliphatic heterocycles. The number of methoxy groups -OCH3 is 2. The first kappa shape index (κ1) is 22.9. The number of ether oxygens (including phenoxy) is 2. The molecule has 2 saturated carbocycles. The van der Waals surface area contributed by atoms with Crippen molar-refractivity contribution in [1.29, 1.82) is 0 Å². The maximum Gasteiger partial charge on any atom is 0.257 e. The van der Waals surface area contributed by atoms with Crippen LogP contribution in [0.2, 0.25) is 0 Å². The molecule has 2 aliphatic carbocycles. The van der Waals surface area contributed by atoms with Crippen LogP contribution in [-0.2, 0) is 9.47 Å². The normalized spacial score (nSPS) is 23.4. The third-order valence-corrected chi connectivity index (χ3v) is 7.67. The van der Waals surface area contributed by atoms with Gasteiger partial charge in [-0.05, 0) is 43.7 Å². The number of pyridine rings is 1. The zero-order valence-corrected chi connectivity index (χ0v) is 20.8. The van der Waals surface area contributed by atoms with E-state index in [-0.39, 0.29) is 18.1 Å². The standard InChI is InChI=1S/C26H31N7O3/c1-27-23-11-21(30-25-18(12-29-33(23)25)26(34)31-20-6-7-22(20)36-3)19-13-32(16-9-15(10-16)14-35-2)24-17(19)5-4-8-28-24/h4-5,8,11-13,15-16,20,22,27H,6-7,9-10,14H2,1-3H3,(H,31,34)/t15?,16?,20?,22-/m0/s1. The molecule has 0 radical (unpaired) electrons. The van der Waals surface area contributed by atoms with Crippen LogP contribution in [0.25, 0.3) is 27.9 Å². The van der Waals surface area contributed by atoms with Crippen molar-refractivity contribution in [2.24, 2.45) is 5.92 Å². The number of carbonyl (C=O) groups excluding carboxylic acids is 1. The molecule has 2 atom stereocenters. The van der Waals surface area contributed by atoms with E-state index in [9.17, 15) is 4.79 Å². The molecule has 188 valence electrons. The average molecular weight is 490 g/mol. The largest absolute Gasteiger partial charge is 0.384 e. The van der Waals surface area contributed by atoms with Crippen molar-refractivity contribution >= 4 is 28.4 Å². The van der Waals surface area contributed by atoms with E-state index >= 15 is 0 Å². The van der Waals surface area contributed by atoms with Gasteiger partial charge in [0.15, 0.2) is 5.65 Å². The maximum atomic E-state index is 13.2. The van der Waals surface area contributed by atoms with Crippen molar-refractivity contribution in [3.8, 4) is 11.3 Å². The van der Waals surface area contributed by atoms with E-state index in [2.05, 4.69) is 32.6 Å². The highest BCUT2D eigenvalue weighted by Gasteiger charge is 2.34. The van der Waals surface area contributed by atoms with Gasteiger partial charge in [-0.2, -0.15) is 9.61 Å². The highest BCUT2D eigenvalue weighted by atomic mass is 16.5. The molecule has 36 heavy (non-hydrogen) atoms. The Balaban J connectivity index is 1.40. The molecular weight excluding hydrogens is 458 g/mol. The van der Waals surface area contributed by atoms with Gasteiger partial charge in [-0.1, -0.05) is 0 Å². The van der Waals surface area contributed by atoms with Gasteiger partial charge in [0, 0.05) is 63.3 Å². The van der Waals surface area contributed by atoms with Crippen LogP contribution in [0, 0.1) is 5.92 Å². The molecule has 4 aromatic rings. The van der Waals surface area contributed by atoms with E-state index in [0.29, 0.717) is 23.2 Å². The highest BCUT2D eigenvalue weighted by molar-refractivity contribution is 6.01. The number of amides is 1. The molecule has 2 fully saturated rings. The Hall–Kier alpha value is -3.50. The number of aromatic nitrogens is 5. The van der Waals surface area contributed by atoms with Gasteiger partial charge in [-0.15, -0.1) is 0 Å². The molecule has 4 heterocycles. The monoisotopic (exact) mass is 489 g/mol. The number of nitrogens with one attached hydrogen (secondary N) is 2. The first-order valence-corrected chi connectivity index (χ1v) is 12.5. The Labute approximate surface area is 209 Å². The Morgan fingerprint density at radius 2 is 2.08 bits per heavy atom. The van der Waals surface area contributed by atoms with E-state index in [1.807, 2.05) is 25.4 Å². The van der Waals surface area contributed by atoms with Crippen LogP contribution in [0.5, 0.6) is 0 Å². The summed E-state index contributed by atoms with van der Waals surface area (Å²) < 4.78 is 14.7. The van der Waals surface area contributed by atoms with Crippen molar-refractivity contribution in [1.82, 2.24) is 29.5 Å². The molecule has 10 nitrogen and oxygen atoms in total. The number of nitrogens with zero attached hydrogens (tertiary/aromatic N) is 5. The Bertz CT molecular complexity index is 1420. The zero-order valence-electron chi connectivity index (χ0n) is 20.8. The lowest BCUT2D eigenvalue weighted by Crippen LogP contribution is -2.51. The molecule has 0 aromatic carbocycles. The lowest BCUT2D eigenvalue weighted by atomic mass is 9.80. The second-order valence-corrected chi connectivity index (χ2v) is 9.77. The Morgan fingerprint density at radius 3 is 2.81 bits per heavy atom. The van der Waals surface area contributed by atoms with Crippen LogP contribution >= 0.6 is 0 Å². The second kappa shape index (κ2) is 9.18. The molecule has 0 saturated heterocycles. The van der Waals surface area contributed by atoms with Gasteiger partial charge < -0.3 is 24.7 Å². The van der Waals surface area contributed by atoms with Gasteiger partial charge in [0.05, 0.1) is 24.0 Å². The third kappa shape index (κ3) is 3.72. The summed E-state index contributed by atoms with van der Waals surface area (Å²) in [5.74, 6) is 1.14. The van der Waals surface area contributed by atoms with Crippen molar-refractivity contribution in [2.75, 3.05) is 33.2 Å². The summed E-state index contributed by atoms with van der Waals surface area (Å²) in [5.41, 5.74) is 3.65. The van der Waals surface area contributed by atoms with Crippen LogP contribution in [-0.4, -0.2) is 70.1 Å². The topological polar surface area (TPSA) is 108 Å². The minimum atomic E-state index is -0.189. The van der Waals surface area contributed by atoms with Crippen LogP contribution in [0.1, 0.15) is 42.1 Å². The summed E-state index contributed by atoms with van der Waals surface area (Å²) in [4.78, 5) is 22.8. The fourth-order valence-electron chi connectivity index (χ4n) is 5.47. The minimum Gasteiger partial charge on any atom is -0.384 e. The van der Waals surface area contributed by atoms with Crippen LogP contribution in [0.3, 0.4) is 0 Å². The van der Waals surface area contributed by atoms with E-state index in [0.717, 1.165) is 60.4 Å². The van der Waals surface area contributed by atoms with Gasteiger partial charge in [0.1, 0.15) is 17.0 Å². The summed E-state index contributed by atoms with van der Waals surface area (Å²) in [5, 5.41) is 11.8. The summed E-state index contributed by atoms with van der Waals surface area (Å²) >= 11 is 0.